The Hall–Kier alpha value is -3.09. The lowest BCUT2D eigenvalue weighted by molar-refractivity contribution is 0.0697. The molecule has 0 spiro atoms. The van der Waals surface area contributed by atoms with Gasteiger partial charge in [0.25, 0.3) is 0 Å². The average molecular weight is 312 g/mol. The second-order valence-corrected chi connectivity index (χ2v) is 5.06. The number of tetrazole rings is 1. The van der Waals surface area contributed by atoms with Crippen LogP contribution in [0.25, 0.3) is 0 Å². The number of benzene rings is 2. The summed E-state index contributed by atoms with van der Waals surface area (Å²) in [5.74, 6) is -0.596. The molecule has 0 radical (unpaired) electrons. The van der Waals surface area contributed by atoms with E-state index in [-0.39, 0.29) is 11.4 Å². The van der Waals surface area contributed by atoms with Crippen LogP contribution in [0.1, 0.15) is 27.3 Å². The van der Waals surface area contributed by atoms with Crippen LogP contribution in [0.3, 0.4) is 0 Å². The predicted octanol–water partition coefficient (Wildman–Crippen LogP) is 2.15. The highest BCUT2D eigenvalue weighted by atomic mass is 19.1. The van der Waals surface area contributed by atoms with Gasteiger partial charge in [-0.15, -0.1) is 5.10 Å². The largest absolute Gasteiger partial charge is 0.478 e. The number of hydrogen-bond donors (Lipinski definition) is 1. The van der Waals surface area contributed by atoms with E-state index in [0.717, 1.165) is 11.1 Å². The lowest BCUT2D eigenvalue weighted by atomic mass is 10.1. The molecule has 1 N–H and O–H groups in total. The molecule has 0 aliphatic rings. The summed E-state index contributed by atoms with van der Waals surface area (Å²) < 4.78 is 14.6. The monoisotopic (exact) mass is 312 g/mol. The van der Waals surface area contributed by atoms with Crippen molar-refractivity contribution < 1.29 is 14.3 Å². The van der Waals surface area contributed by atoms with E-state index in [0.29, 0.717) is 18.8 Å². The third-order valence-corrected chi connectivity index (χ3v) is 3.41. The number of carboxylic acid groups (broad SMARTS) is 1. The van der Waals surface area contributed by atoms with Gasteiger partial charge in [0.05, 0.1) is 12.1 Å². The molecule has 0 saturated heterocycles. The van der Waals surface area contributed by atoms with Gasteiger partial charge in [-0.2, -0.15) is 0 Å². The van der Waals surface area contributed by atoms with Crippen LogP contribution in [0.5, 0.6) is 0 Å². The first-order chi connectivity index (χ1) is 11.1. The maximum absolute atomic E-state index is 12.9. The van der Waals surface area contributed by atoms with Crippen molar-refractivity contribution in [2.75, 3.05) is 0 Å². The number of rotatable bonds is 5. The number of aromatic nitrogens is 4. The summed E-state index contributed by atoms with van der Waals surface area (Å²) in [6.45, 7) is 0.434. The van der Waals surface area contributed by atoms with Gasteiger partial charge in [0.2, 0.25) is 0 Å². The quantitative estimate of drug-likeness (QED) is 0.780. The molecule has 1 aromatic heterocycles. The minimum absolute atomic E-state index is 0.233. The zero-order valence-corrected chi connectivity index (χ0v) is 12.1. The Morgan fingerprint density at radius 1 is 1.04 bits per heavy atom. The molecule has 2 aromatic carbocycles. The fourth-order valence-electron chi connectivity index (χ4n) is 2.18. The van der Waals surface area contributed by atoms with Crippen molar-refractivity contribution >= 4 is 5.97 Å². The summed E-state index contributed by atoms with van der Waals surface area (Å²) in [6.07, 6.45) is 0.487. The van der Waals surface area contributed by atoms with Crippen LogP contribution in [0.4, 0.5) is 4.39 Å². The summed E-state index contributed by atoms with van der Waals surface area (Å²) in [4.78, 5) is 10.8. The number of halogens is 1. The van der Waals surface area contributed by atoms with Crippen molar-refractivity contribution in [3.05, 3.63) is 76.9 Å². The molecule has 0 aliphatic carbocycles. The number of hydrogen-bond acceptors (Lipinski definition) is 4. The number of carboxylic acids is 1. The number of aromatic carboxylic acids is 1. The Morgan fingerprint density at radius 3 is 2.35 bits per heavy atom. The van der Waals surface area contributed by atoms with E-state index in [4.69, 9.17) is 5.11 Å². The molecular formula is C16H13FN4O2. The molecule has 3 rings (SSSR count). The minimum Gasteiger partial charge on any atom is -0.478 e. The van der Waals surface area contributed by atoms with E-state index in [2.05, 4.69) is 15.5 Å². The zero-order valence-electron chi connectivity index (χ0n) is 12.1. The Balaban J connectivity index is 1.75. The van der Waals surface area contributed by atoms with Gasteiger partial charge in [0, 0.05) is 6.42 Å². The third kappa shape index (κ3) is 3.57. The van der Waals surface area contributed by atoms with Gasteiger partial charge in [-0.05, 0) is 45.8 Å². The lowest BCUT2D eigenvalue weighted by Crippen LogP contribution is -2.08. The molecule has 23 heavy (non-hydrogen) atoms. The van der Waals surface area contributed by atoms with Crippen LogP contribution in [-0.2, 0) is 13.0 Å². The van der Waals surface area contributed by atoms with Gasteiger partial charge in [-0.25, -0.2) is 13.9 Å². The molecule has 6 nitrogen and oxygen atoms in total. The predicted molar refractivity (Wildman–Crippen MR) is 79.5 cm³/mol. The van der Waals surface area contributed by atoms with Gasteiger partial charge >= 0.3 is 5.97 Å². The molecule has 7 heteroatoms. The van der Waals surface area contributed by atoms with Gasteiger partial charge in [0.1, 0.15) is 5.82 Å². The van der Waals surface area contributed by atoms with Gasteiger partial charge in [-0.1, -0.05) is 24.3 Å². The molecule has 0 amide bonds. The Bertz CT molecular complexity index is 813. The van der Waals surface area contributed by atoms with Crippen LogP contribution in [-0.4, -0.2) is 31.3 Å². The average Bonchev–Trinajstić information content (AvgIpc) is 2.97. The summed E-state index contributed by atoms with van der Waals surface area (Å²) in [6, 6.07) is 12.7. The van der Waals surface area contributed by atoms with Gasteiger partial charge in [-0.3, -0.25) is 0 Å². The molecule has 0 saturated carbocycles. The zero-order chi connectivity index (χ0) is 16.2. The molecule has 0 bridgehead atoms. The third-order valence-electron chi connectivity index (χ3n) is 3.41. The molecule has 3 aromatic rings. The smallest absolute Gasteiger partial charge is 0.335 e. The number of carbonyl (C=O) groups is 1. The molecule has 0 fully saturated rings. The van der Waals surface area contributed by atoms with Crippen molar-refractivity contribution in [2.45, 2.75) is 13.0 Å². The highest BCUT2D eigenvalue weighted by Crippen LogP contribution is 2.10. The van der Waals surface area contributed by atoms with Crippen molar-refractivity contribution in [1.82, 2.24) is 20.2 Å². The molecule has 1 heterocycles. The summed E-state index contributed by atoms with van der Waals surface area (Å²) in [5.41, 5.74) is 2.03. The van der Waals surface area contributed by atoms with Crippen molar-refractivity contribution in [2.24, 2.45) is 0 Å². The van der Waals surface area contributed by atoms with E-state index in [1.165, 1.54) is 12.1 Å². The standard InChI is InChI=1S/C16H13FN4O2/c17-14-7-3-11(4-8-14)9-15-18-19-20-21(15)10-12-1-5-13(6-2-12)16(22)23/h1-8H,9-10H2,(H,22,23). The maximum atomic E-state index is 12.9. The second kappa shape index (κ2) is 6.35. The highest BCUT2D eigenvalue weighted by Gasteiger charge is 2.09. The van der Waals surface area contributed by atoms with E-state index in [1.807, 2.05) is 0 Å². The Morgan fingerprint density at radius 2 is 1.70 bits per heavy atom. The van der Waals surface area contributed by atoms with Crippen LogP contribution < -0.4 is 0 Å². The lowest BCUT2D eigenvalue weighted by Gasteiger charge is -2.05. The van der Waals surface area contributed by atoms with Crippen LogP contribution in [0, 0.1) is 5.82 Å². The van der Waals surface area contributed by atoms with Crippen molar-refractivity contribution in [3.63, 3.8) is 0 Å². The van der Waals surface area contributed by atoms with E-state index < -0.39 is 5.97 Å². The topological polar surface area (TPSA) is 80.9 Å². The molecule has 0 atom stereocenters. The Kier molecular flexibility index (Phi) is 4.09. The SMILES string of the molecule is O=C(O)c1ccc(Cn2nnnc2Cc2ccc(F)cc2)cc1. The second-order valence-electron chi connectivity index (χ2n) is 5.06. The summed E-state index contributed by atoms with van der Waals surface area (Å²) in [5, 5.41) is 20.5. The summed E-state index contributed by atoms with van der Waals surface area (Å²) in [7, 11) is 0. The molecule has 0 unspecified atom stereocenters. The fraction of sp³-hybridized carbons (Fsp3) is 0.125. The van der Waals surface area contributed by atoms with E-state index in [9.17, 15) is 9.18 Å². The van der Waals surface area contributed by atoms with Gasteiger partial charge < -0.3 is 5.11 Å². The first-order valence-electron chi connectivity index (χ1n) is 6.93. The fourth-order valence-corrected chi connectivity index (χ4v) is 2.18. The van der Waals surface area contributed by atoms with Crippen LogP contribution in [0.15, 0.2) is 48.5 Å². The Labute approximate surface area is 131 Å². The first kappa shape index (κ1) is 14.8. The van der Waals surface area contributed by atoms with Crippen molar-refractivity contribution in [3.8, 4) is 0 Å². The molecule has 116 valence electrons. The molecule has 0 aliphatic heterocycles. The van der Waals surface area contributed by atoms with E-state index in [1.54, 1.807) is 41.1 Å². The highest BCUT2D eigenvalue weighted by molar-refractivity contribution is 5.87. The van der Waals surface area contributed by atoms with Crippen molar-refractivity contribution in [1.29, 1.82) is 0 Å². The normalized spacial score (nSPS) is 10.7. The van der Waals surface area contributed by atoms with Crippen LogP contribution in [0.2, 0.25) is 0 Å². The van der Waals surface area contributed by atoms with Gasteiger partial charge in [0.15, 0.2) is 5.82 Å². The minimum atomic E-state index is -0.962. The summed E-state index contributed by atoms with van der Waals surface area (Å²) >= 11 is 0. The maximum Gasteiger partial charge on any atom is 0.335 e. The number of nitrogens with zero attached hydrogens (tertiary/aromatic N) is 4. The molecular weight excluding hydrogens is 299 g/mol. The first-order valence-corrected chi connectivity index (χ1v) is 6.93. The van der Waals surface area contributed by atoms with Crippen LogP contribution >= 0.6 is 0 Å². The van der Waals surface area contributed by atoms with E-state index >= 15 is 0 Å².